The van der Waals surface area contributed by atoms with Crippen LogP contribution in [0.2, 0.25) is 0 Å². The van der Waals surface area contributed by atoms with Gasteiger partial charge in [0.2, 0.25) is 0 Å². The van der Waals surface area contributed by atoms with Crippen molar-refractivity contribution < 1.29 is 4.92 Å². The van der Waals surface area contributed by atoms with Gasteiger partial charge in [-0.1, -0.05) is 30.3 Å². The first kappa shape index (κ1) is 9.73. The van der Waals surface area contributed by atoms with Crippen LogP contribution in [0.15, 0.2) is 42.6 Å². The lowest BCUT2D eigenvalue weighted by molar-refractivity contribution is -0.384. The van der Waals surface area contributed by atoms with Gasteiger partial charge in [0.1, 0.15) is 5.69 Å². The standard InChI is InChI=1S/C10H7ClN2O2/c11-12-7-6-9(13(14)15)10(12)8-4-2-1-3-5-8/h1-7H. The Balaban J connectivity index is 2.62. The van der Waals surface area contributed by atoms with E-state index in [0.29, 0.717) is 5.69 Å². The van der Waals surface area contributed by atoms with Crippen molar-refractivity contribution in [2.45, 2.75) is 0 Å². The van der Waals surface area contributed by atoms with E-state index in [4.69, 9.17) is 11.8 Å². The Bertz CT molecular complexity index is 493. The predicted molar refractivity (Wildman–Crippen MR) is 57.8 cm³/mol. The summed E-state index contributed by atoms with van der Waals surface area (Å²) in [5.74, 6) is 0. The highest BCUT2D eigenvalue weighted by Gasteiger charge is 2.19. The summed E-state index contributed by atoms with van der Waals surface area (Å²) in [5, 5.41) is 10.7. The summed E-state index contributed by atoms with van der Waals surface area (Å²) in [6, 6.07) is 10.4. The quantitative estimate of drug-likeness (QED) is 0.579. The third-order valence-corrected chi connectivity index (χ3v) is 2.35. The van der Waals surface area contributed by atoms with E-state index in [2.05, 4.69) is 0 Å². The summed E-state index contributed by atoms with van der Waals surface area (Å²) >= 11 is 5.84. The number of nitrogens with zero attached hydrogens (tertiary/aromatic N) is 2. The molecule has 1 aromatic heterocycles. The Morgan fingerprint density at radius 2 is 1.87 bits per heavy atom. The lowest BCUT2D eigenvalue weighted by Crippen LogP contribution is -1.91. The monoisotopic (exact) mass is 222 g/mol. The summed E-state index contributed by atoms with van der Waals surface area (Å²) in [4.78, 5) is 10.3. The summed E-state index contributed by atoms with van der Waals surface area (Å²) in [6.07, 6.45) is 1.46. The van der Waals surface area contributed by atoms with Gasteiger partial charge in [-0.2, -0.15) is 0 Å². The highest BCUT2D eigenvalue weighted by molar-refractivity contribution is 6.17. The summed E-state index contributed by atoms with van der Waals surface area (Å²) in [7, 11) is 0. The molecule has 0 saturated carbocycles. The van der Waals surface area contributed by atoms with Crippen LogP contribution in [0.1, 0.15) is 0 Å². The molecule has 4 nitrogen and oxygen atoms in total. The largest absolute Gasteiger partial charge is 0.296 e. The molecule has 2 rings (SSSR count). The van der Waals surface area contributed by atoms with Gasteiger partial charge in [0.15, 0.2) is 0 Å². The molecule has 1 aromatic carbocycles. The van der Waals surface area contributed by atoms with Crippen LogP contribution in [0.4, 0.5) is 5.69 Å². The smallest absolute Gasteiger partial charge is 0.258 e. The van der Waals surface area contributed by atoms with Gasteiger partial charge in [0, 0.05) is 29.6 Å². The molecule has 0 amide bonds. The molecule has 0 aliphatic rings. The van der Waals surface area contributed by atoms with Gasteiger partial charge in [-0.3, -0.25) is 14.2 Å². The molecular formula is C10H7ClN2O2. The Kier molecular flexibility index (Phi) is 2.43. The molecule has 0 N–H and O–H groups in total. The molecule has 2 aromatic rings. The minimum Gasteiger partial charge on any atom is -0.258 e. The zero-order valence-electron chi connectivity index (χ0n) is 7.63. The van der Waals surface area contributed by atoms with Crippen molar-refractivity contribution in [1.82, 2.24) is 4.09 Å². The lowest BCUT2D eigenvalue weighted by atomic mass is 10.1. The van der Waals surface area contributed by atoms with Crippen molar-refractivity contribution in [3.8, 4) is 11.3 Å². The van der Waals surface area contributed by atoms with Crippen LogP contribution in [0.25, 0.3) is 11.3 Å². The minimum absolute atomic E-state index is 0.0104. The number of halogens is 1. The van der Waals surface area contributed by atoms with Crippen molar-refractivity contribution in [3.05, 3.63) is 52.7 Å². The predicted octanol–water partition coefficient (Wildman–Crippen LogP) is 3.07. The van der Waals surface area contributed by atoms with E-state index in [1.54, 1.807) is 12.1 Å². The number of aromatic nitrogens is 1. The fourth-order valence-electron chi connectivity index (χ4n) is 1.41. The fraction of sp³-hybridized carbons (Fsp3) is 0. The normalized spacial score (nSPS) is 10.2. The van der Waals surface area contributed by atoms with Gasteiger partial charge in [-0.05, 0) is 0 Å². The third-order valence-electron chi connectivity index (χ3n) is 2.06. The first-order chi connectivity index (χ1) is 7.20. The molecule has 0 atom stereocenters. The second kappa shape index (κ2) is 3.74. The van der Waals surface area contributed by atoms with Crippen molar-refractivity contribution in [2.75, 3.05) is 0 Å². The summed E-state index contributed by atoms with van der Waals surface area (Å²) in [5.41, 5.74) is 1.14. The molecule has 5 heteroatoms. The van der Waals surface area contributed by atoms with Crippen LogP contribution in [-0.4, -0.2) is 9.01 Å². The van der Waals surface area contributed by atoms with Gasteiger partial charge >= 0.3 is 0 Å². The van der Waals surface area contributed by atoms with E-state index in [1.807, 2.05) is 18.2 Å². The van der Waals surface area contributed by atoms with Crippen molar-refractivity contribution >= 4 is 17.5 Å². The van der Waals surface area contributed by atoms with Crippen LogP contribution in [0.5, 0.6) is 0 Å². The van der Waals surface area contributed by atoms with Gasteiger partial charge < -0.3 is 0 Å². The lowest BCUT2D eigenvalue weighted by Gasteiger charge is -2.00. The van der Waals surface area contributed by atoms with E-state index in [0.717, 1.165) is 5.56 Å². The number of hydrogen-bond donors (Lipinski definition) is 0. The molecule has 15 heavy (non-hydrogen) atoms. The maximum Gasteiger partial charge on any atom is 0.296 e. The Hall–Kier alpha value is -1.81. The molecular weight excluding hydrogens is 216 g/mol. The average Bonchev–Trinajstić information content (AvgIpc) is 2.61. The average molecular weight is 223 g/mol. The van der Waals surface area contributed by atoms with Gasteiger partial charge in [-0.15, -0.1) is 0 Å². The number of hydrogen-bond acceptors (Lipinski definition) is 2. The third kappa shape index (κ3) is 1.71. The van der Waals surface area contributed by atoms with E-state index in [9.17, 15) is 10.1 Å². The SMILES string of the molecule is O=[N+]([O-])c1ccn(Cl)c1-c1ccccc1. The zero-order chi connectivity index (χ0) is 10.8. The summed E-state index contributed by atoms with van der Waals surface area (Å²) in [6.45, 7) is 0. The second-order valence-corrected chi connectivity index (χ2v) is 3.35. The van der Waals surface area contributed by atoms with E-state index >= 15 is 0 Å². The fourth-order valence-corrected chi connectivity index (χ4v) is 1.65. The van der Waals surface area contributed by atoms with Gasteiger partial charge in [-0.25, -0.2) is 0 Å². The van der Waals surface area contributed by atoms with E-state index < -0.39 is 4.92 Å². The molecule has 0 spiro atoms. The second-order valence-electron chi connectivity index (χ2n) is 2.98. The Morgan fingerprint density at radius 3 is 2.47 bits per heavy atom. The van der Waals surface area contributed by atoms with Crippen molar-refractivity contribution in [3.63, 3.8) is 0 Å². The van der Waals surface area contributed by atoms with Gasteiger partial charge in [0.05, 0.1) is 4.92 Å². The van der Waals surface area contributed by atoms with E-state index in [1.165, 1.54) is 16.3 Å². The van der Waals surface area contributed by atoms with E-state index in [-0.39, 0.29) is 5.69 Å². The number of benzene rings is 1. The molecule has 0 unspecified atom stereocenters. The van der Waals surface area contributed by atoms with Crippen molar-refractivity contribution in [2.24, 2.45) is 0 Å². The van der Waals surface area contributed by atoms with Crippen LogP contribution in [-0.2, 0) is 0 Å². The molecule has 0 saturated heterocycles. The first-order valence-corrected chi connectivity index (χ1v) is 4.61. The maximum absolute atomic E-state index is 10.7. The maximum atomic E-state index is 10.7. The molecule has 76 valence electrons. The number of nitro groups is 1. The summed E-state index contributed by atoms with van der Waals surface area (Å²) < 4.78 is 1.23. The number of rotatable bonds is 2. The highest BCUT2D eigenvalue weighted by atomic mass is 35.5. The molecule has 0 aliphatic heterocycles. The zero-order valence-corrected chi connectivity index (χ0v) is 8.39. The molecule has 0 fully saturated rings. The van der Waals surface area contributed by atoms with Gasteiger partial charge in [0.25, 0.3) is 5.69 Å². The minimum atomic E-state index is -0.443. The highest BCUT2D eigenvalue weighted by Crippen LogP contribution is 2.31. The topological polar surface area (TPSA) is 48.1 Å². The molecule has 0 bridgehead atoms. The van der Waals surface area contributed by atoms with Crippen LogP contribution < -0.4 is 0 Å². The first-order valence-electron chi connectivity index (χ1n) is 4.27. The Labute approximate surface area is 91.0 Å². The van der Waals surface area contributed by atoms with Crippen LogP contribution in [0.3, 0.4) is 0 Å². The molecule has 1 heterocycles. The molecule has 0 aliphatic carbocycles. The van der Waals surface area contributed by atoms with Crippen molar-refractivity contribution in [1.29, 1.82) is 0 Å². The van der Waals surface area contributed by atoms with Crippen LogP contribution in [0, 0.1) is 10.1 Å². The van der Waals surface area contributed by atoms with Crippen LogP contribution >= 0.6 is 11.8 Å². The molecule has 0 radical (unpaired) electrons. The Morgan fingerprint density at radius 1 is 1.20 bits per heavy atom.